The largest absolute Gasteiger partial charge is 0.493 e. The third kappa shape index (κ3) is 10.0. The van der Waals surface area contributed by atoms with E-state index in [1.54, 1.807) is 37.3 Å². The van der Waals surface area contributed by atoms with E-state index in [-0.39, 0.29) is 28.1 Å². The monoisotopic (exact) mass is 882 g/mol. The topological polar surface area (TPSA) is 161 Å². The molecule has 2 amide bonds. The normalized spacial score (nSPS) is 11.4. The highest BCUT2D eigenvalue weighted by molar-refractivity contribution is 7.15. The van der Waals surface area contributed by atoms with E-state index in [9.17, 15) is 31.1 Å². The number of rotatable bonds is 10. The Morgan fingerprint density at radius 2 is 1.08 bits per heavy atom. The fraction of sp³-hybridized carbons (Fsp3) is 0.190. The van der Waals surface area contributed by atoms with Gasteiger partial charge in [-0.1, -0.05) is 0 Å². The number of anilines is 3. The lowest BCUT2D eigenvalue weighted by Gasteiger charge is -2.16. The lowest BCUT2D eigenvalue weighted by Crippen LogP contribution is -2.21. The number of nitrogens with one attached hydrogen (secondary N) is 2. The van der Waals surface area contributed by atoms with E-state index < -0.39 is 35.2 Å². The summed E-state index contributed by atoms with van der Waals surface area (Å²) in [7, 11) is 5.93. The van der Waals surface area contributed by atoms with Crippen LogP contribution in [-0.4, -0.2) is 49.4 Å². The molecule has 324 valence electrons. The molecule has 0 bridgehead atoms. The highest BCUT2D eigenvalue weighted by Gasteiger charge is 2.35. The summed E-state index contributed by atoms with van der Waals surface area (Å²) in [6.07, 6.45) is -6.37. The fourth-order valence-corrected chi connectivity index (χ4v) is 6.69. The number of methoxy groups -OCH3 is 4. The van der Waals surface area contributed by atoms with Crippen molar-refractivity contribution in [1.82, 2.24) is 15.0 Å². The summed E-state index contributed by atoms with van der Waals surface area (Å²) in [5, 5.41) is 6.06. The molecule has 13 nitrogen and oxygen atoms in total. The number of amides is 2. The number of nitrogens with two attached hydrogens (primary N) is 1. The van der Waals surface area contributed by atoms with Gasteiger partial charge in [-0.25, -0.2) is 9.78 Å². The Morgan fingerprint density at radius 3 is 1.53 bits per heavy atom. The molecule has 7 rings (SSSR count). The first-order valence-electron chi connectivity index (χ1n) is 18.0. The number of ether oxygens (including phenoxy) is 6. The molecule has 20 heteroatoms. The van der Waals surface area contributed by atoms with Crippen molar-refractivity contribution in [3.05, 3.63) is 107 Å². The summed E-state index contributed by atoms with van der Waals surface area (Å²) in [5.74, 6) is 2.31. The Bertz CT molecular complexity index is 2750. The average Bonchev–Trinajstić information content (AvgIpc) is 3.55. The van der Waals surface area contributed by atoms with Crippen LogP contribution in [0.1, 0.15) is 21.7 Å². The lowest BCUT2D eigenvalue weighted by atomic mass is 10.1. The van der Waals surface area contributed by atoms with Gasteiger partial charge in [0.1, 0.15) is 23.0 Å². The predicted octanol–water partition coefficient (Wildman–Crippen LogP) is 11.4. The van der Waals surface area contributed by atoms with Crippen molar-refractivity contribution >= 4 is 55.7 Å². The minimum atomic E-state index is -4.76. The van der Waals surface area contributed by atoms with Crippen LogP contribution in [0, 0.1) is 13.8 Å². The molecule has 0 atom stereocenters. The fourth-order valence-electron chi connectivity index (χ4n) is 5.88. The van der Waals surface area contributed by atoms with Crippen molar-refractivity contribution in [2.24, 2.45) is 0 Å². The first kappa shape index (κ1) is 44.3. The molecule has 0 radical (unpaired) electrons. The number of hydrogen-bond acceptors (Lipinski definition) is 12. The van der Waals surface area contributed by atoms with Crippen molar-refractivity contribution in [3.63, 3.8) is 0 Å². The van der Waals surface area contributed by atoms with Gasteiger partial charge in [0.25, 0.3) is 0 Å². The zero-order valence-electron chi connectivity index (χ0n) is 33.5. The molecule has 0 aliphatic carbocycles. The molecule has 62 heavy (non-hydrogen) atoms. The van der Waals surface area contributed by atoms with Gasteiger partial charge in [0, 0.05) is 45.9 Å². The van der Waals surface area contributed by atoms with E-state index in [1.807, 2.05) is 6.92 Å². The number of thiazole rings is 1. The number of benzene rings is 4. The van der Waals surface area contributed by atoms with E-state index in [2.05, 4.69) is 25.6 Å². The molecule has 4 N–H and O–H groups in total. The number of halogens is 6. The van der Waals surface area contributed by atoms with E-state index in [0.29, 0.717) is 50.6 Å². The smallest absolute Gasteiger partial charge is 0.418 e. The van der Waals surface area contributed by atoms with Gasteiger partial charge in [-0.15, -0.1) is 11.3 Å². The average molecular weight is 883 g/mol. The Balaban J connectivity index is 0.000000218. The Morgan fingerprint density at radius 1 is 0.613 bits per heavy atom. The third-order valence-corrected chi connectivity index (χ3v) is 9.98. The van der Waals surface area contributed by atoms with Crippen LogP contribution in [-0.2, 0) is 12.4 Å². The van der Waals surface area contributed by atoms with Crippen molar-refractivity contribution in [1.29, 1.82) is 0 Å². The third-order valence-electron chi connectivity index (χ3n) is 8.99. The Kier molecular flexibility index (Phi) is 13.0. The maximum Gasteiger partial charge on any atom is 0.418 e. The molecule has 0 unspecified atom stereocenters. The van der Waals surface area contributed by atoms with Crippen molar-refractivity contribution in [2.45, 2.75) is 26.2 Å². The molecular formula is C42H36F6N6O7S. The molecule has 0 spiro atoms. The van der Waals surface area contributed by atoms with Crippen molar-refractivity contribution in [2.75, 3.05) is 44.8 Å². The molecule has 0 aliphatic rings. The first-order chi connectivity index (χ1) is 29.4. The van der Waals surface area contributed by atoms with E-state index >= 15 is 0 Å². The maximum atomic E-state index is 13.9. The first-order valence-corrected chi connectivity index (χ1v) is 18.8. The second-order valence-electron chi connectivity index (χ2n) is 13.0. The van der Waals surface area contributed by atoms with Crippen LogP contribution in [0.4, 0.5) is 47.6 Å². The summed E-state index contributed by atoms with van der Waals surface area (Å²) in [6.45, 7) is 3.60. The van der Waals surface area contributed by atoms with Crippen LogP contribution in [0.25, 0.3) is 21.8 Å². The number of aromatic nitrogens is 3. The van der Waals surface area contributed by atoms with Gasteiger partial charge in [0.2, 0.25) is 0 Å². The quantitative estimate of drug-likeness (QED) is 0.0885. The van der Waals surface area contributed by atoms with Gasteiger partial charge in [0.15, 0.2) is 28.1 Å². The van der Waals surface area contributed by atoms with E-state index in [1.165, 1.54) is 70.4 Å². The van der Waals surface area contributed by atoms with Gasteiger partial charge < -0.3 is 39.5 Å². The minimum absolute atomic E-state index is 0.00816. The van der Waals surface area contributed by atoms with Crippen LogP contribution in [0.3, 0.4) is 0 Å². The number of urea groups is 1. The summed E-state index contributed by atoms with van der Waals surface area (Å²) in [4.78, 5) is 25.9. The molecule has 4 aromatic carbocycles. The van der Waals surface area contributed by atoms with Crippen LogP contribution < -0.4 is 44.8 Å². The number of alkyl halides is 6. The SMILES string of the molecule is COc1cc2nccc(Oc3ccc(N)c(C(F)(F)F)c3)c2cc1OC.COc1cc2nccc(Oc3ccc(NC(=O)Nc4nc(C)c(C)s4)c(C(F)(F)F)c3)c2cc1OC. The van der Waals surface area contributed by atoms with Gasteiger partial charge in [0.05, 0.1) is 62.0 Å². The van der Waals surface area contributed by atoms with E-state index in [4.69, 9.17) is 34.2 Å². The summed E-state index contributed by atoms with van der Waals surface area (Å²) < 4.78 is 113. The predicted molar refractivity (Wildman–Crippen MR) is 221 cm³/mol. The highest BCUT2D eigenvalue weighted by atomic mass is 32.1. The molecular weight excluding hydrogens is 847 g/mol. The standard InChI is InChI=1S/C24H21F3N4O4S.C18H15F3N2O3/c1-12-13(2)36-23(29-12)31-22(32)30-17-6-5-14(9-16(17)24(25,26)27)35-19-7-8-28-18-11-21(34-4)20(33-3)10-15(18)19;1-24-16-8-11-14(9-17(16)25-2)23-6-5-15(11)26-10-3-4-13(22)12(7-10)18(19,20)21/h5-11H,1-4H3,(H2,29,30,31,32);3-9H,22H2,1-2H3. The van der Waals surface area contributed by atoms with Gasteiger partial charge >= 0.3 is 18.4 Å². The number of carbonyl (C=O) groups excluding carboxylic acids is 1. The summed E-state index contributed by atoms with van der Waals surface area (Å²) in [6, 6.07) is 15.5. The van der Waals surface area contributed by atoms with Crippen LogP contribution >= 0.6 is 11.3 Å². The van der Waals surface area contributed by atoms with E-state index in [0.717, 1.165) is 34.8 Å². The molecule has 3 heterocycles. The molecule has 7 aromatic rings. The number of fused-ring (bicyclic) bond motifs is 2. The number of nitrogens with zero attached hydrogens (tertiary/aromatic N) is 3. The number of hydrogen-bond donors (Lipinski definition) is 3. The Hall–Kier alpha value is -7.22. The van der Waals surface area contributed by atoms with Crippen LogP contribution in [0.15, 0.2) is 85.2 Å². The van der Waals surface area contributed by atoms with Crippen molar-refractivity contribution in [3.8, 4) is 46.0 Å². The molecule has 0 saturated carbocycles. The highest BCUT2D eigenvalue weighted by Crippen LogP contribution is 2.42. The molecule has 3 aromatic heterocycles. The second kappa shape index (κ2) is 18.2. The Labute approximate surface area is 353 Å². The number of nitrogen functional groups attached to an aromatic ring is 1. The molecule has 0 fully saturated rings. The zero-order chi connectivity index (χ0) is 44.9. The maximum absolute atomic E-state index is 13.9. The van der Waals surface area contributed by atoms with Crippen LogP contribution in [0.5, 0.6) is 46.0 Å². The summed E-state index contributed by atoms with van der Waals surface area (Å²) >= 11 is 1.23. The summed E-state index contributed by atoms with van der Waals surface area (Å²) in [5.41, 5.74) is 4.38. The van der Waals surface area contributed by atoms with Crippen LogP contribution in [0.2, 0.25) is 0 Å². The number of aryl methyl sites for hydroxylation is 2. The second-order valence-corrected chi connectivity index (χ2v) is 14.2. The van der Waals surface area contributed by atoms with Crippen molar-refractivity contribution < 1.29 is 59.6 Å². The lowest BCUT2D eigenvalue weighted by molar-refractivity contribution is -0.137. The van der Waals surface area contributed by atoms with Gasteiger partial charge in [-0.2, -0.15) is 26.3 Å². The van der Waals surface area contributed by atoms with Gasteiger partial charge in [-0.05, 0) is 74.5 Å². The minimum Gasteiger partial charge on any atom is -0.493 e. The molecule has 0 aliphatic heterocycles. The van der Waals surface area contributed by atoms with Gasteiger partial charge in [-0.3, -0.25) is 15.3 Å². The number of carbonyl (C=O) groups is 1. The molecule has 0 saturated heterocycles. The number of pyridine rings is 2. The zero-order valence-corrected chi connectivity index (χ0v) is 34.4.